The van der Waals surface area contributed by atoms with Crippen LogP contribution in [0.25, 0.3) is 11.0 Å². The molecule has 0 aliphatic carbocycles. The van der Waals surface area contributed by atoms with Crippen molar-refractivity contribution in [2.75, 3.05) is 7.05 Å². The number of nitrogens with one attached hydrogen (secondary N) is 1. The van der Waals surface area contributed by atoms with E-state index in [1.165, 1.54) is 12.1 Å². The lowest BCUT2D eigenvalue weighted by atomic mass is 10.2. The summed E-state index contributed by atoms with van der Waals surface area (Å²) in [5, 5.41) is 4.01. The highest BCUT2D eigenvalue weighted by molar-refractivity contribution is 6.34. The number of hydrogen-bond acceptors (Lipinski definition) is 2. The van der Waals surface area contributed by atoms with Crippen molar-refractivity contribution in [1.29, 1.82) is 0 Å². The molecule has 2 aromatic rings. The molecule has 0 saturated heterocycles. The Morgan fingerprint density at radius 3 is 3.00 bits per heavy atom. The van der Waals surface area contributed by atoms with Crippen LogP contribution in [0.1, 0.15) is 5.56 Å². The smallest absolute Gasteiger partial charge is 0.152 e. The zero-order chi connectivity index (χ0) is 10.1. The molecule has 0 spiro atoms. The standard InChI is InChI=1S/C10H9ClFNO/c1-13-4-6-5-14-10-8(6)2-7(12)3-9(10)11/h2-3,5,13H,4H2,1H3. The Hall–Kier alpha value is -1.06. The first kappa shape index (κ1) is 9.49. The minimum atomic E-state index is -0.346. The minimum absolute atomic E-state index is 0.308. The van der Waals surface area contributed by atoms with Gasteiger partial charge < -0.3 is 9.73 Å². The molecular formula is C10H9ClFNO. The van der Waals surface area contributed by atoms with Crippen molar-refractivity contribution in [2.24, 2.45) is 0 Å². The maximum Gasteiger partial charge on any atom is 0.152 e. The van der Waals surface area contributed by atoms with Crippen molar-refractivity contribution in [3.63, 3.8) is 0 Å². The Balaban J connectivity index is 2.66. The van der Waals surface area contributed by atoms with E-state index in [2.05, 4.69) is 5.32 Å². The van der Waals surface area contributed by atoms with Gasteiger partial charge in [-0.25, -0.2) is 4.39 Å². The third-order valence-corrected chi connectivity index (χ3v) is 2.32. The Bertz CT molecular complexity index is 466. The van der Waals surface area contributed by atoms with E-state index in [4.69, 9.17) is 16.0 Å². The van der Waals surface area contributed by atoms with E-state index in [0.717, 1.165) is 10.9 Å². The van der Waals surface area contributed by atoms with Crippen LogP contribution in [0.2, 0.25) is 5.02 Å². The molecule has 0 unspecified atom stereocenters. The zero-order valence-corrected chi connectivity index (χ0v) is 8.36. The van der Waals surface area contributed by atoms with Crippen molar-refractivity contribution in [3.05, 3.63) is 34.8 Å². The fourth-order valence-electron chi connectivity index (χ4n) is 1.44. The van der Waals surface area contributed by atoms with Gasteiger partial charge in [0.2, 0.25) is 0 Å². The molecule has 0 saturated carbocycles. The summed E-state index contributed by atoms with van der Waals surface area (Å²) < 4.78 is 18.3. The Morgan fingerprint density at radius 1 is 1.50 bits per heavy atom. The van der Waals surface area contributed by atoms with Gasteiger partial charge in [0.15, 0.2) is 5.58 Å². The Morgan fingerprint density at radius 2 is 2.29 bits per heavy atom. The lowest BCUT2D eigenvalue weighted by Gasteiger charge is -1.97. The second-order valence-electron chi connectivity index (χ2n) is 3.06. The summed E-state index contributed by atoms with van der Waals surface area (Å²) in [6, 6.07) is 2.67. The fourth-order valence-corrected chi connectivity index (χ4v) is 1.69. The van der Waals surface area contributed by atoms with Gasteiger partial charge in [0.25, 0.3) is 0 Å². The SMILES string of the molecule is CNCc1coc2c(Cl)cc(F)cc12. The number of fused-ring (bicyclic) bond motifs is 1. The third kappa shape index (κ3) is 1.49. The summed E-state index contributed by atoms with van der Waals surface area (Å²) >= 11 is 5.82. The first-order chi connectivity index (χ1) is 6.72. The van der Waals surface area contributed by atoms with Crippen LogP contribution in [-0.4, -0.2) is 7.05 Å². The van der Waals surface area contributed by atoms with Crippen molar-refractivity contribution in [3.8, 4) is 0 Å². The van der Waals surface area contributed by atoms with Gasteiger partial charge in [0, 0.05) is 17.5 Å². The predicted octanol–water partition coefficient (Wildman–Crippen LogP) is 2.94. The van der Waals surface area contributed by atoms with E-state index in [1.807, 2.05) is 7.05 Å². The average Bonchev–Trinajstić information content (AvgIpc) is 2.49. The maximum atomic E-state index is 13.0. The number of furan rings is 1. The van der Waals surface area contributed by atoms with Crippen molar-refractivity contribution in [2.45, 2.75) is 6.54 Å². The van der Waals surface area contributed by atoms with Gasteiger partial charge in [0.1, 0.15) is 5.82 Å². The molecule has 0 aliphatic rings. The first-order valence-electron chi connectivity index (χ1n) is 4.22. The van der Waals surface area contributed by atoms with Gasteiger partial charge >= 0.3 is 0 Å². The quantitative estimate of drug-likeness (QED) is 0.830. The number of hydrogen-bond donors (Lipinski definition) is 1. The molecule has 74 valence electrons. The summed E-state index contributed by atoms with van der Waals surface area (Å²) in [4.78, 5) is 0. The topological polar surface area (TPSA) is 25.2 Å². The minimum Gasteiger partial charge on any atom is -0.462 e. The van der Waals surface area contributed by atoms with E-state index in [0.29, 0.717) is 17.2 Å². The van der Waals surface area contributed by atoms with Crippen LogP contribution in [-0.2, 0) is 6.54 Å². The van der Waals surface area contributed by atoms with E-state index in [-0.39, 0.29) is 5.82 Å². The molecule has 2 rings (SSSR count). The monoisotopic (exact) mass is 213 g/mol. The van der Waals surface area contributed by atoms with Crippen LogP contribution in [0.4, 0.5) is 4.39 Å². The van der Waals surface area contributed by atoms with E-state index in [9.17, 15) is 4.39 Å². The van der Waals surface area contributed by atoms with Crippen LogP contribution in [0, 0.1) is 5.82 Å². The number of halogens is 2. The van der Waals surface area contributed by atoms with Crippen LogP contribution in [0.5, 0.6) is 0 Å². The number of benzene rings is 1. The first-order valence-corrected chi connectivity index (χ1v) is 4.60. The third-order valence-electron chi connectivity index (χ3n) is 2.04. The second kappa shape index (κ2) is 3.59. The van der Waals surface area contributed by atoms with Crippen molar-refractivity contribution in [1.82, 2.24) is 5.32 Å². The zero-order valence-electron chi connectivity index (χ0n) is 7.60. The molecule has 2 nitrogen and oxygen atoms in total. The summed E-state index contributed by atoms with van der Waals surface area (Å²) in [5.74, 6) is -0.346. The van der Waals surface area contributed by atoms with E-state index < -0.39 is 0 Å². The van der Waals surface area contributed by atoms with E-state index in [1.54, 1.807) is 6.26 Å². The van der Waals surface area contributed by atoms with Crippen LogP contribution in [0.15, 0.2) is 22.8 Å². The Labute approximate surface area is 85.7 Å². The normalized spacial score (nSPS) is 11.1. The van der Waals surface area contributed by atoms with E-state index >= 15 is 0 Å². The maximum absolute atomic E-state index is 13.0. The summed E-state index contributed by atoms with van der Waals surface area (Å²) in [6.07, 6.45) is 1.59. The molecule has 1 N–H and O–H groups in total. The van der Waals surface area contributed by atoms with Gasteiger partial charge in [-0.05, 0) is 19.2 Å². The summed E-state index contributed by atoms with van der Waals surface area (Å²) in [6.45, 7) is 0.632. The largest absolute Gasteiger partial charge is 0.462 e. The predicted molar refractivity (Wildman–Crippen MR) is 53.9 cm³/mol. The van der Waals surface area contributed by atoms with Gasteiger partial charge in [-0.15, -0.1) is 0 Å². The highest BCUT2D eigenvalue weighted by atomic mass is 35.5. The van der Waals surface area contributed by atoms with Crippen molar-refractivity contribution < 1.29 is 8.81 Å². The molecule has 0 radical (unpaired) electrons. The average molecular weight is 214 g/mol. The fraction of sp³-hybridized carbons (Fsp3) is 0.200. The molecule has 4 heteroatoms. The molecule has 14 heavy (non-hydrogen) atoms. The van der Waals surface area contributed by atoms with Crippen LogP contribution < -0.4 is 5.32 Å². The van der Waals surface area contributed by atoms with Crippen LogP contribution in [0.3, 0.4) is 0 Å². The molecule has 0 fully saturated rings. The molecule has 0 aliphatic heterocycles. The summed E-state index contributed by atoms with van der Waals surface area (Å²) in [7, 11) is 1.82. The molecule has 1 aromatic carbocycles. The molecule has 1 aromatic heterocycles. The van der Waals surface area contributed by atoms with Gasteiger partial charge in [0.05, 0.1) is 11.3 Å². The van der Waals surface area contributed by atoms with Crippen LogP contribution >= 0.6 is 11.6 Å². The Kier molecular flexibility index (Phi) is 2.44. The van der Waals surface area contributed by atoms with Gasteiger partial charge in [-0.2, -0.15) is 0 Å². The highest BCUT2D eigenvalue weighted by Gasteiger charge is 2.10. The van der Waals surface area contributed by atoms with Crippen molar-refractivity contribution >= 4 is 22.6 Å². The number of rotatable bonds is 2. The molecule has 0 bridgehead atoms. The molecule has 1 heterocycles. The molecular weight excluding hydrogens is 205 g/mol. The van der Waals surface area contributed by atoms with Gasteiger partial charge in [-0.3, -0.25) is 0 Å². The highest BCUT2D eigenvalue weighted by Crippen LogP contribution is 2.28. The molecule has 0 amide bonds. The molecule has 0 atom stereocenters. The second-order valence-corrected chi connectivity index (χ2v) is 3.46. The van der Waals surface area contributed by atoms with Gasteiger partial charge in [-0.1, -0.05) is 11.6 Å². The summed E-state index contributed by atoms with van der Waals surface area (Å²) in [5.41, 5.74) is 1.45. The lowest BCUT2D eigenvalue weighted by molar-refractivity contribution is 0.604. The lowest BCUT2D eigenvalue weighted by Crippen LogP contribution is -2.03.